The molecule has 0 radical (unpaired) electrons. The minimum atomic E-state index is -0.0944. The molecule has 1 aromatic carbocycles. The Morgan fingerprint density at radius 2 is 1.62 bits per heavy atom. The predicted octanol–water partition coefficient (Wildman–Crippen LogP) is 4.35. The Hall–Kier alpha value is -1.05. The van der Waals surface area contributed by atoms with E-state index in [1.807, 2.05) is 59.7 Å². The topological polar surface area (TPSA) is 3.24 Å². The highest BCUT2D eigenvalue weighted by Gasteiger charge is 2.10. The first-order chi connectivity index (χ1) is 7.43. The van der Waals surface area contributed by atoms with E-state index in [0.717, 1.165) is 16.8 Å². The van der Waals surface area contributed by atoms with Crippen molar-refractivity contribution in [2.75, 3.05) is 19.0 Å². The number of rotatable bonds is 2. The molecule has 0 aliphatic heterocycles. The van der Waals surface area contributed by atoms with E-state index in [-0.39, 0.29) is 11.7 Å². The van der Waals surface area contributed by atoms with E-state index in [1.165, 1.54) is 0 Å². The number of nitrogens with zero attached hydrogens (tertiary/aromatic N) is 1. The lowest BCUT2D eigenvalue weighted by molar-refractivity contribution is 0.597. The number of aryl methyl sites for hydroxylation is 1. The molecule has 0 aromatic heterocycles. The van der Waals surface area contributed by atoms with Gasteiger partial charge < -0.3 is 4.90 Å². The molecule has 0 saturated heterocycles. The van der Waals surface area contributed by atoms with Gasteiger partial charge in [-0.3, -0.25) is 0 Å². The molecule has 0 unspecified atom stereocenters. The Bertz CT molecular complexity index is 301. The highest BCUT2D eigenvalue weighted by molar-refractivity contribution is 5.54. The molecule has 1 nitrogen and oxygen atoms in total. The number of halogens is 1. The zero-order chi connectivity index (χ0) is 12.9. The highest BCUT2D eigenvalue weighted by atomic mass is 19.1. The molecule has 0 amide bonds. The highest BCUT2D eigenvalue weighted by Crippen LogP contribution is 2.26. The van der Waals surface area contributed by atoms with E-state index in [2.05, 4.69) is 0 Å². The molecule has 1 aromatic rings. The van der Waals surface area contributed by atoms with Crippen LogP contribution < -0.4 is 4.90 Å². The van der Waals surface area contributed by atoms with Crippen LogP contribution in [0.4, 0.5) is 10.1 Å². The first-order valence-electron chi connectivity index (χ1n) is 5.91. The van der Waals surface area contributed by atoms with Gasteiger partial charge in [-0.1, -0.05) is 27.7 Å². The van der Waals surface area contributed by atoms with E-state index in [9.17, 15) is 4.39 Å². The smallest absolute Gasteiger partial charge is 0.127 e. The quantitative estimate of drug-likeness (QED) is 0.723. The molecule has 92 valence electrons. The fourth-order valence-electron chi connectivity index (χ4n) is 1.60. The van der Waals surface area contributed by atoms with E-state index in [1.54, 1.807) is 6.07 Å². The van der Waals surface area contributed by atoms with Gasteiger partial charge in [0.25, 0.3) is 0 Å². The molecule has 0 bridgehead atoms. The van der Waals surface area contributed by atoms with Gasteiger partial charge in [0.05, 0.1) is 0 Å². The Balaban J connectivity index is 0.00000106. The van der Waals surface area contributed by atoms with Crippen molar-refractivity contribution >= 4 is 5.69 Å². The van der Waals surface area contributed by atoms with Crippen LogP contribution in [0, 0.1) is 12.7 Å². The number of benzene rings is 1. The molecule has 1 rings (SSSR count). The molecule has 0 fully saturated rings. The lowest BCUT2D eigenvalue weighted by Gasteiger charge is -2.18. The molecule has 16 heavy (non-hydrogen) atoms. The third-order valence-corrected chi connectivity index (χ3v) is 2.42. The normalized spacial score (nSPS) is 9.81. The summed E-state index contributed by atoms with van der Waals surface area (Å²) in [6, 6.07) is 3.56. The van der Waals surface area contributed by atoms with Gasteiger partial charge in [-0.15, -0.1) is 0 Å². The summed E-state index contributed by atoms with van der Waals surface area (Å²) in [6.07, 6.45) is 0. The van der Waals surface area contributed by atoms with Crippen LogP contribution in [-0.2, 0) is 0 Å². The number of anilines is 1. The monoisotopic (exact) mass is 225 g/mol. The molecule has 0 spiro atoms. The number of hydrogen-bond donors (Lipinski definition) is 0. The molecule has 0 heterocycles. The molecule has 0 aliphatic rings. The van der Waals surface area contributed by atoms with Crippen LogP contribution in [0.2, 0.25) is 0 Å². The first-order valence-corrected chi connectivity index (χ1v) is 5.91. The van der Waals surface area contributed by atoms with Gasteiger partial charge in [0, 0.05) is 19.8 Å². The lowest BCUT2D eigenvalue weighted by Crippen LogP contribution is -2.11. The first kappa shape index (κ1) is 14.9. The maximum atomic E-state index is 13.5. The van der Waals surface area contributed by atoms with E-state index < -0.39 is 0 Å². The molecule has 2 heteroatoms. The molecule has 0 saturated carbocycles. The van der Waals surface area contributed by atoms with Crippen LogP contribution in [0.3, 0.4) is 0 Å². The summed E-state index contributed by atoms with van der Waals surface area (Å²) in [5.74, 6) is 0.136. The third kappa shape index (κ3) is 3.51. The van der Waals surface area contributed by atoms with Gasteiger partial charge in [0.2, 0.25) is 0 Å². The number of hydrogen-bond acceptors (Lipinski definition) is 1. The fraction of sp³-hybridized carbons (Fsp3) is 0.571. The van der Waals surface area contributed by atoms with Crippen LogP contribution in [0.1, 0.15) is 44.7 Å². The standard InChI is InChI=1S/C12H18FN.C2H6/c1-8(2)10-7-12(14(4)5)9(3)6-11(10)13;1-2/h6-8H,1-5H3;1-2H3. The summed E-state index contributed by atoms with van der Waals surface area (Å²) in [5.41, 5.74) is 2.87. The second-order valence-electron chi connectivity index (χ2n) is 4.21. The van der Waals surface area contributed by atoms with Gasteiger partial charge >= 0.3 is 0 Å². The van der Waals surface area contributed by atoms with Crippen molar-refractivity contribution in [1.82, 2.24) is 0 Å². The van der Waals surface area contributed by atoms with E-state index in [4.69, 9.17) is 0 Å². The molecular weight excluding hydrogens is 201 g/mol. The summed E-state index contributed by atoms with van der Waals surface area (Å²) < 4.78 is 13.5. The van der Waals surface area contributed by atoms with Crippen molar-refractivity contribution in [1.29, 1.82) is 0 Å². The second kappa shape index (κ2) is 6.51. The van der Waals surface area contributed by atoms with Crippen molar-refractivity contribution in [2.24, 2.45) is 0 Å². The Morgan fingerprint density at radius 3 is 2.00 bits per heavy atom. The minimum absolute atomic E-state index is 0.0944. The van der Waals surface area contributed by atoms with E-state index >= 15 is 0 Å². The maximum absolute atomic E-state index is 13.5. The molecule has 0 N–H and O–H groups in total. The van der Waals surface area contributed by atoms with Crippen LogP contribution in [-0.4, -0.2) is 14.1 Å². The fourth-order valence-corrected chi connectivity index (χ4v) is 1.60. The molecular formula is C14H24FN. The van der Waals surface area contributed by atoms with Gasteiger partial charge in [0.1, 0.15) is 5.82 Å². The van der Waals surface area contributed by atoms with Crippen LogP contribution in [0.5, 0.6) is 0 Å². The summed E-state index contributed by atoms with van der Waals surface area (Å²) in [7, 11) is 3.95. The zero-order valence-corrected chi connectivity index (χ0v) is 11.6. The van der Waals surface area contributed by atoms with Crippen molar-refractivity contribution < 1.29 is 4.39 Å². The van der Waals surface area contributed by atoms with Crippen LogP contribution in [0.25, 0.3) is 0 Å². The largest absolute Gasteiger partial charge is 0.377 e. The van der Waals surface area contributed by atoms with Gasteiger partial charge in [-0.25, -0.2) is 4.39 Å². The summed E-state index contributed by atoms with van der Waals surface area (Å²) in [4.78, 5) is 2.01. The zero-order valence-electron chi connectivity index (χ0n) is 11.6. The molecule has 0 atom stereocenters. The Morgan fingerprint density at radius 1 is 1.12 bits per heavy atom. The van der Waals surface area contributed by atoms with Crippen molar-refractivity contribution in [3.8, 4) is 0 Å². The van der Waals surface area contributed by atoms with Crippen molar-refractivity contribution in [3.63, 3.8) is 0 Å². The second-order valence-corrected chi connectivity index (χ2v) is 4.21. The molecule has 0 aliphatic carbocycles. The summed E-state index contributed by atoms with van der Waals surface area (Å²) in [5, 5.41) is 0. The van der Waals surface area contributed by atoms with E-state index in [0.29, 0.717) is 0 Å². The summed E-state index contributed by atoms with van der Waals surface area (Å²) >= 11 is 0. The Kier molecular flexibility index (Phi) is 6.09. The summed E-state index contributed by atoms with van der Waals surface area (Å²) in [6.45, 7) is 9.95. The van der Waals surface area contributed by atoms with Crippen LogP contribution >= 0.6 is 0 Å². The average molecular weight is 225 g/mol. The van der Waals surface area contributed by atoms with Crippen LogP contribution in [0.15, 0.2) is 12.1 Å². The van der Waals surface area contributed by atoms with Gasteiger partial charge in [-0.05, 0) is 36.1 Å². The maximum Gasteiger partial charge on any atom is 0.127 e. The van der Waals surface area contributed by atoms with Crippen molar-refractivity contribution in [3.05, 3.63) is 29.1 Å². The average Bonchev–Trinajstić information content (AvgIpc) is 2.19. The Labute approximate surface area is 99.3 Å². The third-order valence-electron chi connectivity index (χ3n) is 2.42. The predicted molar refractivity (Wildman–Crippen MR) is 70.9 cm³/mol. The SMILES string of the molecule is CC.Cc1cc(F)c(C(C)C)cc1N(C)C. The van der Waals surface area contributed by atoms with Crippen molar-refractivity contribution in [2.45, 2.75) is 40.5 Å². The van der Waals surface area contributed by atoms with Gasteiger partial charge in [0.15, 0.2) is 0 Å². The van der Waals surface area contributed by atoms with Gasteiger partial charge in [-0.2, -0.15) is 0 Å². The lowest BCUT2D eigenvalue weighted by atomic mass is 9.99. The minimum Gasteiger partial charge on any atom is -0.377 e.